The van der Waals surface area contributed by atoms with Crippen molar-refractivity contribution >= 4 is 5.71 Å². The Labute approximate surface area is 199 Å². The first-order valence-electron chi connectivity index (χ1n) is 14.3. The fraction of sp³-hybridized carbons (Fsp3) is 0.967. The van der Waals surface area contributed by atoms with E-state index in [1.807, 2.05) is 0 Å². The van der Waals surface area contributed by atoms with Gasteiger partial charge in [0.05, 0.1) is 5.71 Å². The highest BCUT2D eigenvalue weighted by Crippen LogP contribution is 2.68. The average molecular weight is 444 g/mol. The molecule has 32 heavy (non-hydrogen) atoms. The van der Waals surface area contributed by atoms with Crippen LogP contribution in [0.15, 0.2) is 5.16 Å². The Bertz CT molecular complexity index is 670. The summed E-state index contributed by atoms with van der Waals surface area (Å²) in [5, 5.41) is 4.37. The SMILES string of the molecule is CC[C@H](CC[C@@H](C)[C@H]1CC[C@H]2[C@@H]3CC[C@H]4C/C(=N\OC)CC[C@]4(C)[C@H]3CC[C@]12C)C(C)C. The highest BCUT2D eigenvalue weighted by atomic mass is 16.6. The van der Waals surface area contributed by atoms with Crippen LogP contribution >= 0.6 is 0 Å². The fourth-order valence-corrected chi connectivity index (χ4v) is 9.93. The summed E-state index contributed by atoms with van der Waals surface area (Å²) in [6, 6.07) is 0. The lowest BCUT2D eigenvalue weighted by atomic mass is 9.44. The minimum absolute atomic E-state index is 0.548. The first-order valence-corrected chi connectivity index (χ1v) is 14.3. The molecule has 0 bridgehead atoms. The highest BCUT2D eigenvalue weighted by molar-refractivity contribution is 5.85. The van der Waals surface area contributed by atoms with E-state index in [0.717, 1.165) is 47.3 Å². The van der Waals surface area contributed by atoms with E-state index in [0.29, 0.717) is 10.8 Å². The maximum absolute atomic E-state index is 5.15. The van der Waals surface area contributed by atoms with E-state index in [1.165, 1.54) is 82.8 Å². The molecule has 184 valence electrons. The molecule has 0 aromatic carbocycles. The second-order valence-corrected chi connectivity index (χ2v) is 13.4. The third kappa shape index (κ3) is 4.19. The number of hydrogen-bond donors (Lipinski definition) is 0. The van der Waals surface area contributed by atoms with Crippen LogP contribution in [0.25, 0.3) is 0 Å². The van der Waals surface area contributed by atoms with Crippen molar-refractivity contribution in [2.75, 3.05) is 7.11 Å². The summed E-state index contributed by atoms with van der Waals surface area (Å²) < 4.78 is 0. The molecule has 0 saturated heterocycles. The van der Waals surface area contributed by atoms with Gasteiger partial charge in [-0.2, -0.15) is 0 Å². The summed E-state index contributed by atoms with van der Waals surface area (Å²) in [6.45, 7) is 15.3. The van der Waals surface area contributed by atoms with Crippen molar-refractivity contribution in [3.63, 3.8) is 0 Å². The molecule has 0 amide bonds. The van der Waals surface area contributed by atoms with Gasteiger partial charge in [0.25, 0.3) is 0 Å². The van der Waals surface area contributed by atoms with Crippen molar-refractivity contribution in [3.8, 4) is 0 Å². The van der Waals surface area contributed by atoms with Crippen LogP contribution in [0.2, 0.25) is 0 Å². The van der Waals surface area contributed by atoms with Crippen LogP contribution in [0.5, 0.6) is 0 Å². The van der Waals surface area contributed by atoms with Crippen molar-refractivity contribution in [1.82, 2.24) is 0 Å². The molecule has 4 saturated carbocycles. The van der Waals surface area contributed by atoms with Gasteiger partial charge < -0.3 is 4.84 Å². The number of hydrogen-bond acceptors (Lipinski definition) is 2. The van der Waals surface area contributed by atoms with Gasteiger partial charge in [0.2, 0.25) is 0 Å². The van der Waals surface area contributed by atoms with Crippen LogP contribution in [0.1, 0.15) is 119 Å². The van der Waals surface area contributed by atoms with Gasteiger partial charge in [0.1, 0.15) is 7.11 Å². The molecule has 0 unspecified atom stereocenters. The summed E-state index contributed by atoms with van der Waals surface area (Å²) in [7, 11) is 1.71. The molecule has 0 spiro atoms. The Morgan fingerprint density at radius 1 is 0.938 bits per heavy atom. The molecule has 4 aliphatic carbocycles. The Balaban J connectivity index is 1.44. The molecule has 0 N–H and O–H groups in total. The zero-order chi connectivity index (χ0) is 23.1. The van der Waals surface area contributed by atoms with Crippen LogP contribution in [0.3, 0.4) is 0 Å². The van der Waals surface area contributed by atoms with E-state index >= 15 is 0 Å². The Hall–Kier alpha value is -0.530. The van der Waals surface area contributed by atoms with Gasteiger partial charge in [0, 0.05) is 0 Å². The summed E-state index contributed by atoms with van der Waals surface area (Å²) in [5.41, 5.74) is 2.49. The summed E-state index contributed by atoms with van der Waals surface area (Å²) >= 11 is 0. The first-order chi connectivity index (χ1) is 15.2. The van der Waals surface area contributed by atoms with Crippen LogP contribution in [-0.2, 0) is 4.84 Å². The molecular weight excluding hydrogens is 390 g/mol. The van der Waals surface area contributed by atoms with E-state index in [4.69, 9.17) is 4.84 Å². The number of fused-ring (bicyclic) bond motifs is 5. The zero-order valence-corrected chi connectivity index (χ0v) is 22.5. The molecule has 4 rings (SSSR count). The summed E-state index contributed by atoms with van der Waals surface area (Å²) in [5.74, 6) is 7.43. The van der Waals surface area contributed by atoms with Gasteiger partial charge in [-0.25, -0.2) is 0 Å². The fourth-order valence-electron chi connectivity index (χ4n) is 9.93. The van der Waals surface area contributed by atoms with Crippen molar-refractivity contribution in [3.05, 3.63) is 0 Å². The number of rotatable bonds is 7. The van der Waals surface area contributed by atoms with Gasteiger partial charge in [-0.3, -0.25) is 0 Å². The van der Waals surface area contributed by atoms with Crippen molar-refractivity contribution in [2.45, 2.75) is 119 Å². The molecule has 4 fully saturated rings. The van der Waals surface area contributed by atoms with Crippen LogP contribution in [0.4, 0.5) is 0 Å². The average Bonchev–Trinajstić information content (AvgIpc) is 3.11. The Morgan fingerprint density at radius 3 is 2.38 bits per heavy atom. The van der Waals surface area contributed by atoms with Gasteiger partial charge in [-0.15, -0.1) is 0 Å². The van der Waals surface area contributed by atoms with Gasteiger partial charge in [0.15, 0.2) is 0 Å². The smallest absolute Gasteiger partial charge is 0.106 e. The largest absolute Gasteiger partial charge is 0.399 e. The Morgan fingerprint density at radius 2 is 1.69 bits per heavy atom. The predicted octanol–water partition coefficient (Wildman–Crippen LogP) is 8.75. The lowest BCUT2D eigenvalue weighted by molar-refractivity contribution is -0.105. The lowest BCUT2D eigenvalue weighted by Crippen LogP contribution is -2.53. The molecule has 0 aromatic rings. The summed E-state index contributed by atoms with van der Waals surface area (Å²) in [6.07, 6.45) is 16.9. The normalized spacial score (nSPS) is 44.6. The first kappa shape index (κ1) is 24.6. The molecule has 0 aliphatic heterocycles. The van der Waals surface area contributed by atoms with E-state index in [-0.39, 0.29) is 0 Å². The molecule has 9 atom stereocenters. The molecule has 2 heteroatoms. The van der Waals surface area contributed by atoms with Crippen molar-refractivity contribution in [2.24, 2.45) is 63.3 Å². The highest BCUT2D eigenvalue weighted by Gasteiger charge is 2.60. The predicted molar refractivity (Wildman–Crippen MR) is 137 cm³/mol. The third-order valence-electron chi connectivity index (χ3n) is 11.9. The van der Waals surface area contributed by atoms with Crippen molar-refractivity contribution < 1.29 is 4.84 Å². The number of oxime groups is 1. The minimum atomic E-state index is 0.548. The molecule has 2 nitrogen and oxygen atoms in total. The second-order valence-electron chi connectivity index (χ2n) is 13.4. The van der Waals surface area contributed by atoms with E-state index < -0.39 is 0 Å². The standard InChI is InChI=1S/C30H53NO/c1-8-22(20(2)3)10-9-21(4)26-13-14-27-25-12-11-23-19-24(31-32-7)15-17-29(23,5)28(25)16-18-30(26,27)6/h20-23,25-28H,8-19H2,1-7H3/b31-24-/t21-,22-,23+,25+,26-,27+,28+,29+,30-/m1/s1. The quantitative estimate of drug-likeness (QED) is 0.360. The Kier molecular flexibility index (Phi) is 7.39. The van der Waals surface area contributed by atoms with Crippen LogP contribution in [-0.4, -0.2) is 12.8 Å². The maximum atomic E-state index is 5.15. The molecule has 0 radical (unpaired) electrons. The van der Waals surface area contributed by atoms with Gasteiger partial charge >= 0.3 is 0 Å². The van der Waals surface area contributed by atoms with E-state index in [9.17, 15) is 0 Å². The minimum Gasteiger partial charge on any atom is -0.399 e. The van der Waals surface area contributed by atoms with E-state index in [2.05, 4.69) is 46.7 Å². The molecular formula is C30H53NO. The number of nitrogens with zero attached hydrogens (tertiary/aromatic N) is 1. The summed E-state index contributed by atoms with van der Waals surface area (Å²) in [4.78, 5) is 5.15. The maximum Gasteiger partial charge on any atom is 0.106 e. The third-order valence-corrected chi connectivity index (χ3v) is 11.9. The zero-order valence-electron chi connectivity index (χ0n) is 22.5. The molecule has 0 heterocycles. The molecule has 0 aromatic heterocycles. The van der Waals surface area contributed by atoms with Crippen molar-refractivity contribution in [1.29, 1.82) is 0 Å². The second kappa shape index (κ2) is 9.61. The topological polar surface area (TPSA) is 21.6 Å². The van der Waals surface area contributed by atoms with Gasteiger partial charge in [-0.05, 0) is 122 Å². The van der Waals surface area contributed by atoms with E-state index in [1.54, 1.807) is 7.11 Å². The van der Waals surface area contributed by atoms with Crippen LogP contribution < -0.4 is 0 Å². The van der Waals surface area contributed by atoms with Gasteiger partial charge in [-0.1, -0.05) is 59.5 Å². The monoisotopic (exact) mass is 443 g/mol. The molecule has 4 aliphatic rings. The van der Waals surface area contributed by atoms with Crippen LogP contribution in [0, 0.1) is 58.2 Å². The lowest BCUT2D eigenvalue weighted by Gasteiger charge is -2.60.